The Kier molecular flexibility index (Phi) is 2.70. The Balaban J connectivity index is 2.41. The van der Waals surface area contributed by atoms with Crippen LogP contribution in [0.25, 0.3) is 0 Å². The molecule has 0 saturated carbocycles. The molecule has 0 fully saturated rings. The maximum Gasteiger partial charge on any atom is 0.405 e. The average Bonchev–Trinajstić information content (AvgIpc) is 2.36. The lowest BCUT2D eigenvalue weighted by Gasteiger charge is -2.26. The fourth-order valence-electron chi connectivity index (χ4n) is 2.33. The standard InChI is InChI=1S/C12H14BrNO2/c1-12(2)6-7-5-8(13)3-4-9(7)10(12)16-11(14)15/h3-5,10H,6H2,1-2H3,(H2,14,15). The van der Waals surface area contributed by atoms with Crippen molar-refractivity contribution in [2.45, 2.75) is 26.4 Å². The molecule has 1 unspecified atom stereocenters. The molecule has 16 heavy (non-hydrogen) atoms. The van der Waals surface area contributed by atoms with Crippen molar-refractivity contribution < 1.29 is 9.53 Å². The second-order valence-electron chi connectivity index (χ2n) is 4.83. The van der Waals surface area contributed by atoms with Crippen LogP contribution < -0.4 is 5.73 Å². The summed E-state index contributed by atoms with van der Waals surface area (Å²) in [4.78, 5) is 10.9. The number of nitrogens with two attached hydrogens (primary N) is 1. The number of amides is 1. The molecule has 0 bridgehead atoms. The van der Waals surface area contributed by atoms with Crippen LogP contribution in [0.3, 0.4) is 0 Å². The number of carbonyl (C=O) groups excluding carboxylic acids is 1. The van der Waals surface area contributed by atoms with Gasteiger partial charge < -0.3 is 10.5 Å². The zero-order valence-electron chi connectivity index (χ0n) is 9.29. The fourth-order valence-corrected chi connectivity index (χ4v) is 2.74. The van der Waals surface area contributed by atoms with E-state index in [9.17, 15) is 4.79 Å². The molecule has 0 radical (unpaired) electrons. The maximum atomic E-state index is 10.9. The molecule has 1 amide bonds. The minimum Gasteiger partial charge on any atom is -0.441 e. The van der Waals surface area contributed by atoms with Crippen molar-refractivity contribution in [2.24, 2.45) is 11.1 Å². The van der Waals surface area contributed by atoms with E-state index < -0.39 is 6.09 Å². The highest BCUT2D eigenvalue weighted by molar-refractivity contribution is 9.10. The summed E-state index contributed by atoms with van der Waals surface area (Å²) in [6.07, 6.45) is -0.0679. The number of rotatable bonds is 1. The van der Waals surface area contributed by atoms with Crippen molar-refractivity contribution in [3.05, 3.63) is 33.8 Å². The average molecular weight is 284 g/mol. The van der Waals surface area contributed by atoms with Crippen LogP contribution in [0.5, 0.6) is 0 Å². The number of hydrogen-bond acceptors (Lipinski definition) is 2. The molecule has 0 heterocycles. The van der Waals surface area contributed by atoms with Crippen molar-refractivity contribution in [3.8, 4) is 0 Å². The number of carbonyl (C=O) groups is 1. The summed E-state index contributed by atoms with van der Waals surface area (Å²) in [5.41, 5.74) is 7.29. The Hall–Kier alpha value is -1.03. The molecule has 2 N–H and O–H groups in total. The van der Waals surface area contributed by atoms with Crippen molar-refractivity contribution in [2.75, 3.05) is 0 Å². The molecular formula is C12H14BrNO2. The lowest BCUT2D eigenvalue weighted by Crippen LogP contribution is -2.25. The van der Waals surface area contributed by atoms with Gasteiger partial charge in [0.15, 0.2) is 0 Å². The van der Waals surface area contributed by atoms with E-state index in [1.165, 1.54) is 5.56 Å². The summed E-state index contributed by atoms with van der Waals surface area (Å²) in [7, 11) is 0. The summed E-state index contributed by atoms with van der Waals surface area (Å²) in [5, 5.41) is 0. The van der Waals surface area contributed by atoms with Gasteiger partial charge in [0.25, 0.3) is 0 Å². The number of ether oxygens (including phenoxy) is 1. The molecular weight excluding hydrogens is 270 g/mol. The van der Waals surface area contributed by atoms with Gasteiger partial charge in [0.1, 0.15) is 6.10 Å². The van der Waals surface area contributed by atoms with Gasteiger partial charge in [0, 0.05) is 9.89 Å². The van der Waals surface area contributed by atoms with Gasteiger partial charge in [0.2, 0.25) is 0 Å². The molecule has 3 nitrogen and oxygen atoms in total. The third-order valence-electron chi connectivity index (χ3n) is 2.98. The lowest BCUT2D eigenvalue weighted by atomic mass is 9.87. The zero-order chi connectivity index (χ0) is 11.9. The minimum absolute atomic E-state index is 0.0991. The summed E-state index contributed by atoms with van der Waals surface area (Å²) < 4.78 is 6.26. The van der Waals surface area contributed by atoms with Gasteiger partial charge in [-0.05, 0) is 29.7 Å². The molecule has 4 heteroatoms. The zero-order valence-corrected chi connectivity index (χ0v) is 10.9. The summed E-state index contributed by atoms with van der Waals surface area (Å²) in [6.45, 7) is 4.16. The van der Waals surface area contributed by atoms with Crippen LogP contribution in [0, 0.1) is 5.41 Å². The first-order chi connectivity index (χ1) is 7.40. The Morgan fingerprint density at radius 2 is 2.25 bits per heavy atom. The Morgan fingerprint density at radius 3 is 2.88 bits per heavy atom. The summed E-state index contributed by atoms with van der Waals surface area (Å²) in [5.74, 6) is 0. The van der Waals surface area contributed by atoms with E-state index in [0.29, 0.717) is 0 Å². The van der Waals surface area contributed by atoms with Crippen LogP contribution in [0.15, 0.2) is 22.7 Å². The Bertz CT molecular complexity index is 443. The number of fused-ring (bicyclic) bond motifs is 1. The Morgan fingerprint density at radius 1 is 1.56 bits per heavy atom. The van der Waals surface area contributed by atoms with E-state index in [-0.39, 0.29) is 11.5 Å². The van der Waals surface area contributed by atoms with E-state index >= 15 is 0 Å². The SMILES string of the molecule is CC1(C)Cc2cc(Br)ccc2C1OC(N)=O. The number of hydrogen-bond donors (Lipinski definition) is 1. The molecule has 1 aromatic rings. The van der Waals surface area contributed by atoms with Gasteiger partial charge in [-0.15, -0.1) is 0 Å². The predicted octanol–water partition coefficient (Wildman–Crippen LogP) is 3.17. The molecule has 1 aliphatic rings. The van der Waals surface area contributed by atoms with Crippen LogP contribution in [0.1, 0.15) is 31.1 Å². The quantitative estimate of drug-likeness (QED) is 0.861. The maximum absolute atomic E-state index is 10.9. The second kappa shape index (κ2) is 3.77. The first-order valence-corrected chi connectivity index (χ1v) is 5.94. The van der Waals surface area contributed by atoms with E-state index in [1.807, 2.05) is 12.1 Å². The Labute approximate surface area is 103 Å². The lowest BCUT2D eigenvalue weighted by molar-refractivity contribution is 0.0392. The predicted molar refractivity (Wildman–Crippen MR) is 65.0 cm³/mol. The molecule has 1 aromatic carbocycles. The van der Waals surface area contributed by atoms with Gasteiger partial charge in [-0.1, -0.05) is 35.8 Å². The molecule has 86 valence electrons. The van der Waals surface area contributed by atoms with E-state index in [2.05, 4.69) is 35.8 Å². The van der Waals surface area contributed by atoms with Crippen molar-refractivity contribution in [1.82, 2.24) is 0 Å². The van der Waals surface area contributed by atoms with E-state index in [4.69, 9.17) is 10.5 Å². The van der Waals surface area contributed by atoms with Gasteiger partial charge in [0.05, 0.1) is 0 Å². The van der Waals surface area contributed by atoms with E-state index in [0.717, 1.165) is 16.5 Å². The third-order valence-corrected chi connectivity index (χ3v) is 3.47. The molecule has 0 aromatic heterocycles. The largest absolute Gasteiger partial charge is 0.441 e. The van der Waals surface area contributed by atoms with Gasteiger partial charge in [-0.3, -0.25) is 0 Å². The fraction of sp³-hybridized carbons (Fsp3) is 0.417. The van der Waals surface area contributed by atoms with Gasteiger partial charge in [-0.25, -0.2) is 4.79 Å². The van der Waals surface area contributed by atoms with Crippen molar-refractivity contribution >= 4 is 22.0 Å². The van der Waals surface area contributed by atoms with Crippen LogP contribution in [0.4, 0.5) is 4.79 Å². The highest BCUT2D eigenvalue weighted by Crippen LogP contribution is 2.47. The van der Waals surface area contributed by atoms with Gasteiger partial charge >= 0.3 is 6.09 Å². The topological polar surface area (TPSA) is 52.3 Å². The molecule has 1 aliphatic carbocycles. The van der Waals surface area contributed by atoms with Crippen LogP contribution in [0.2, 0.25) is 0 Å². The first-order valence-electron chi connectivity index (χ1n) is 5.14. The molecule has 0 aliphatic heterocycles. The minimum atomic E-state index is -0.714. The smallest absolute Gasteiger partial charge is 0.405 e. The van der Waals surface area contributed by atoms with E-state index in [1.54, 1.807) is 0 Å². The first kappa shape index (κ1) is 11.5. The third kappa shape index (κ3) is 1.94. The van der Waals surface area contributed by atoms with Crippen LogP contribution >= 0.6 is 15.9 Å². The monoisotopic (exact) mass is 283 g/mol. The highest BCUT2D eigenvalue weighted by atomic mass is 79.9. The molecule has 0 saturated heterocycles. The molecule has 1 atom stereocenters. The van der Waals surface area contributed by atoms with Crippen LogP contribution in [-0.2, 0) is 11.2 Å². The second-order valence-corrected chi connectivity index (χ2v) is 5.74. The number of halogens is 1. The molecule has 0 spiro atoms. The summed E-state index contributed by atoms with van der Waals surface area (Å²) in [6, 6.07) is 6.01. The van der Waals surface area contributed by atoms with Gasteiger partial charge in [-0.2, -0.15) is 0 Å². The molecule has 2 rings (SSSR count). The number of benzene rings is 1. The summed E-state index contributed by atoms with van der Waals surface area (Å²) >= 11 is 3.44. The number of primary amides is 1. The van der Waals surface area contributed by atoms with Crippen molar-refractivity contribution in [1.29, 1.82) is 0 Å². The highest BCUT2D eigenvalue weighted by Gasteiger charge is 2.41. The van der Waals surface area contributed by atoms with Crippen molar-refractivity contribution in [3.63, 3.8) is 0 Å². The van der Waals surface area contributed by atoms with Crippen LogP contribution in [-0.4, -0.2) is 6.09 Å². The normalized spacial score (nSPS) is 21.6.